The quantitative estimate of drug-likeness (QED) is 0.191. The molecule has 30 heavy (non-hydrogen) atoms. The van der Waals surface area contributed by atoms with Crippen LogP contribution < -0.4 is 20.2 Å². The molecular formula is C23H22BrN3O2S. The van der Waals surface area contributed by atoms with Gasteiger partial charge in [-0.1, -0.05) is 46.3 Å². The van der Waals surface area contributed by atoms with E-state index in [9.17, 15) is 0 Å². The molecule has 0 saturated heterocycles. The Morgan fingerprint density at radius 2 is 1.80 bits per heavy atom. The highest BCUT2D eigenvalue weighted by atomic mass is 79.9. The molecule has 154 valence electrons. The smallest absolute Gasteiger partial charge is 0.191 e. The number of nitrogens with zero attached hydrogens (tertiary/aromatic N) is 1. The average Bonchev–Trinajstić information content (AvgIpc) is 2.73. The summed E-state index contributed by atoms with van der Waals surface area (Å²) in [4.78, 5) is 0. The number of hydrogen-bond acceptors (Lipinski definition) is 4. The zero-order valence-corrected chi connectivity index (χ0v) is 18.9. The van der Waals surface area contributed by atoms with Crippen molar-refractivity contribution >= 4 is 45.2 Å². The number of nitrogens with one attached hydrogen (secondary N) is 2. The molecule has 3 aromatic carbocycles. The van der Waals surface area contributed by atoms with Gasteiger partial charge in [-0.05, 0) is 67.2 Å². The Bertz CT molecular complexity index is 1010. The van der Waals surface area contributed by atoms with Gasteiger partial charge in [-0.2, -0.15) is 5.10 Å². The highest BCUT2D eigenvalue weighted by molar-refractivity contribution is 9.10. The molecule has 0 atom stereocenters. The highest BCUT2D eigenvalue weighted by Crippen LogP contribution is 2.22. The van der Waals surface area contributed by atoms with E-state index in [4.69, 9.17) is 21.7 Å². The SMILES string of the molecule is Cc1cccc(OCCOc2ccc(Br)cc2/C=N\NC(=S)Nc2ccccc2)c1. The Hall–Kier alpha value is -2.90. The highest BCUT2D eigenvalue weighted by Gasteiger charge is 2.04. The van der Waals surface area contributed by atoms with Gasteiger partial charge in [0.05, 0.1) is 6.21 Å². The van der Waals surface area contributed by atoms with E-state index < -0.39 is 0 Å². The lowest BCUT2D eigenvalue weighted by atomic mass is 10.2. The monoisotopic (exact) mass is 483 g/mol. The Labute approximate surface area is 190 Å². The van der Waals surface area contributed by atoms with Crippen molar-refractivity contribution in [3.05, 3.63) is 88.4 Å². The van der Waals surface area contributed by atoms with E-state index >= 15 is 0 Å². The Morgan fingerprint density at radius 3 is 2.60 bits per heavy atom. The molecule has 0 bridgehead atoms. The van der Waals surface area contributed by atoms with Gasteiger partial charge in [0.25, 0.3) is 0 Å². The van der Waals surface area contributed by atoms with Crippen molar-refractivity contribution in [3.8, 4) is 11.5 Å². The average molecular weight is 484 g/mol. The number of ether oxygens (including phenoxy) is 2. The summed E-state index contributed by atoms with van der Waals surface area (Å²) in [5, 5.41) is 7.68. The van der Waals surface area contributed by atoms with Crippen molar-refractivity contribution in [2.45, 2.75) is 6.92 Å². The third-order valence-electron chi connectivity index (χ3n) is 3.97. The van der Waals surface area contributed by atoms with Crippen LogP contribution in [0.4, 0.5) is 5.69 Å². The van der Waals surface area contributed by atoms with E-state index in [0.29, 0.717) is 24.1 Å². The largest absolute Gasteiger partial charge is 0.490 e. The minimum absolute atomic E-state index is 0.404. The van der Waals surface area contributed by atoms with Crippen LogP contribution in [0.15, 0.2) is 82.4 Å². The molecule has 0 unspecified atom stereocenters. The van der Waals surface area contributed by atoms with Crippen molar-refractivity contribution in [2.24, 2.45) is 5.10 Å². The van der Waals surface area contributed by atoms with Crippen LogP contribution in [-0.2, 0) is 0 Å². The Balaban J connectivity index is 1.52. The molecule has 0 heterocycles. The molecule has 0 amide bonds. The summed E-state index contributed by atoms with van der Waals surface area (Å²) in [6.07, 6.45) is 1.67. The Morgan fingerprint density at radius 1 is 1.00 bits per heavy atom. The fourth-order valence-electron chi connectivity index (χ4n) is 2.61. The number of para-hydroxylation sites is 1. The third kappa shape index (κ3) is 7.17. The van der Waals surface area contributed by atoms with E-state index in [1.807, 2.05) is 79.7 Å². The molecular weight excluding hydrogens is 462 g/mol. The van der Waals surface area contributed by atoms with Gasteiger partial charge >= 0.3 is 0 Å². The number of halogens is 1. The first kappa shape index (κ1) is 21.8. The molecule has 3 rings (SSSR count). The zero-order chi connectivity index (χ0) is 21.2. The third-order valence-corrected chi connectivity index (χ3v) is 4.66. The van der Waals surface area contributed by atoms with Crippen molar-refractivity contribution in [3.63, 3.8) is 0 Å². The van der Waals surface area contributed by atoms with Gasteiger partial charge in [0.15, 0.2) is 5.11 Å². The number of aryl methyl sites for hydroxylation is 1. The van der Waals surface area contributed by atoms with E-state index in [0.717, 1.165) is 27.0 Å². The predicted molar refractivity (Wildman–Crippen MR) is 130 cm³/mol. The maximum atomic E-state index is 5.88. The molecule has 0 aliphatic carbocycles. The van der Waals surface area contributed by atoms with Crippen LogP contribution in [0, 0.1) is 6.92 Å². The molecule has 0 aliphatic rings. The van der Waals surface area contributed by atoms with Gasteiger partial charge in [0.2, 0.25) is 0 Å². The van der Waals surface area contributed by atoms with E-state index in [-0.39, 0.29) is 0 Å². The summed E-state index contributed by atoms with van der Waals surface area (Å²) in [6.45, 7) is 2.89. The molecule has 0 fully saturated rings. The molecule has 0 aromatic heterocycles. The van der Waals surface area contributed by atoms with Crippen LogP contribution in [0.5, 0.6) is 11.5 Å². The molecule has 0 aliphatic heterocycles. The van der Waals surface area contributed by atoms with Crippen LogP contribution in [0.25, 0.3) is 0 Å². The van der Waals surface area contributed by atoms with Crippen LogP contribution in [0.1, 0.15) is 11.1 Å². The van der Waals surface area contributed by atoms with Crippen LogP contribution in [-0.4, -0.2) is 24.5 Å². The maximum absolute atomic E-state index is 5.88. The molecule has 7 heteroatoms. The van der Waals surface area contributed by atoms with Crippen molar-refractivity contribution in [2.75, 3.05) is 18.5 Å². The second kappa shape index (κ2) is 11.3. The van der Waals surface area contributed by atoms with E-state index in [2.05, 4.69) is 31.8 Å². The summed E-state index contributed by atoms with van der Waals surface area (Å²) in [5.41, 5.74) is 5.68. The van der Waals surface area contributed by atoms with Gasteiger partial charge in [0.1, 0.15) is 24.7 Å². The van der Waals surface area contributed by atoms with Crippen molar-refractivity contribution in [1.82, 2.24) is 5.43 Å². The number of anilines is 1. The summed E-state index contributed by atoms with van der Waals surface area (Å²) >= 11 is 8.74. The first-order valence-electron chi connectivity index (χ1n) is 9.37. The van der Waals surface area contributed by atoms with E-state index in [1.165, 1.54) is 0 Å². The minimum Gasteiger partial charge on any atom is -0.490 e. The summed E-state index contributed by atoms with van der Waals surface area (Å²) in [7, 11) is 0. The summed E-state index contributed by atoms with van der Waals surface area (Å²) < 4.78 is 12.5. The number of benzene rings is 3. The van der Waals surface area contributed by atoms with Crippen molar-refractivity contribution in [1.29, 1.82) is 0 Å². The Kier molecular flexibility index (Phi) is 8.23. The lowest BCUT2D eigenvalue weighted by molar-refractivity contribution is 0.217. The first-order chi connectivity index (χ1) is 14.6. The van der Waals surface area contributed by atoms with Gasteiger partial charge in [-0.15, -0.1) is 0 Å². The predicted octanol–water partition coefficient (Wildman–Crippen LogP) is 5.54. The van der Waals surface area contributed by atoms with Crippen molar-refractivity contribution < 1.29 is 9.47 Å². The number of hydrogen-bond donors (Lipinski definition) is 2. The van der Waals surface area contributed by atoms with Gasteiger partial charge in [-0.3, -0.25) is 5.43 Å². The molecule has 0 radical (unpaired) electrons. The summed E-state index contributed by atoms with van der Waals surface area (Å²) in [6, 6.07) is 23.3. The zero-order valence-electron chi connectivity index (χ0n) is 16.5. The van der Waals surface area contributed by atoms with Gasteiger partial charge in [-0.25, -0.2) is 0 Å². The second-order valence-electron chi connectivity index (χ2n) is 6.39. The summed E-state index contributed by atoms with van der Waals surface area (Å²) in [5.74, 6) is 1.54. The van der Waals surface area contributed by atoms with Crippen LogP contribution >= 0.6 is 28.1 Å². The topological polar surface area (TPSA) is 54.9 Å². The second-order valence-corrected chi connectivity index (χ2v) is 7.71. The normalized spacial score (nSPS) is 10.6. The fraction of sp³-hybridized carbons (Fsp3) is 0.130. The lowest BCUT2D eigenvalue weighted by Crippen LogP contribution is -2.23. The number of hydrazone groups is 1. The minimum atomic E-state index is 0.404. The molecule has 2 N–H and O–H groups in total. The maximum Gasteiger partial charge on any atom is 0.191 e. The van der Waals surface area contributed by atoms with Gasteiger partial charge < -0.3 is 14.8 Å². The number of thiocarbonyl (C=S) groups is 1. The molecule has 0 spiro atoms. The van der Waals surface area contributed by atoms with Gasteiger partial charge in [0, 0.05) is 15.7 Å². The standard InChI is InChI=1S/C23H22BrN3O2S/c1-17-6-5-9-21(14-17)28-12-13-29-22-11-10-19(24)15-18(22)16-25-27-23(30)26-20-7-3-2-4-8-20/h2-11,14-16H,12-13H2,1H3,(H2,26,27,30)/b25-16-. The van der Waals surface area contributed by atoms with Crippen LogP contribution in [0.2, 0.25) is 0 Å². The molecule has 0 saturated carbocycles. The van der Waals surface area contributed by atoms with Crippen LogP contribution in [0.3, 0.4) is 0 Å². The fourth-order valence-corrected chi connectivity index (χ4v) is 3.16. The van der Waals surface area contributed by atoms with E-state index in [1.54, 1.807) is 6.21 Å². The number of rotatable bonds is 8. The molecule has 5 nitrogen and oxygen atoms in total. The lowest BCUT2D eigenvalue weighted by Gasteiger charge is -2.11. The molecule has 3 aromatic rings. The first-order valence-corrected chi connectivity index (χ1v) is 10.6.